The molecule has 0 aliphatic carbocycles. The zero-order chi connectivity index (χ0) is 16.6. The minimum atomic E-state index is -3.14. The lowest BCUT2D eigenvalue weighted by molar-refractivity contribution is 0.573. The fourth-order valence-corrected chi connectivity index (χ4v) is 2.46. The average molecular weight is 325 g/mol. The molecule has 1 rings (SSSR count). The molecule has 0 saturated carbocycles. The molecule has 0 unspecified atom stereocenters. The van der Waals surface area contributed by atoms with E-state index in [0.717, 1.165) is 31.0 Å². The standard InChI is InChI=1S/C16H27N3O2S/c1-5-17-16(18-11-10-13(2)3)19-12-14-6-8-15(9-7-14)22(4,20)21/h6-9,13H,5,10-12H2,1-4H3,(H2,17,18,19). The van der Waals surface area contributed by atoms with E-state index >= 15 is 0 Å². The summed E-state index contributed by atoms with van der Waals surface area (Å²) in [4.78, 5) is 4.85. The van der Waals surface area contributed by atoms with Gasteiger partial charge in [0.05, 0.1) is 11.4 Å². The zero-order valence-electron chi connectivity index (χ0n) is 13.9. The molecule has 0 aromatic heterocycles. The Kier molecular flexibility index (Phi) is 7.38. The molecule has 6 heteroatoms. The normalized spacial score (nSPS) is 12.5. The van der Waals surface area contributed by atoms with Gasteiger partial charge in [-0.05, 0) is 37.0 Å². The molecule has 124 valence electrons. The zero-order valence-corrected chi connectivity index (χ0v) is 14.7. The van der Waals surface area contributed by atoms with Crippen molar-refractivity contribution >= 4 is 15.8 Å². The number of nitrogens with zero attached hydrogens (tertiary/aromatic N) is 1. The van der Waals surface area contributed by atoms with Crippen LogP contribution in [0.15, 0.2) is 34.2 Å². The second-order valence-corrected chi connectivity index (χ2v) is 7.74. The van der Waals surface area contributed by atoms with E-state index in [9.17, 15) is 8.42 Å². The van der Waals surface area contributed by atoms with Crippen LogP contribution in [0.25, 0.3) is 0 Å². The van der Waals surface area contributed by atoms with Gasteiger partial charge in [-0.25, -0.2) is 13.4 Å². The van der Waals surface area contributed by atoms with Crippen LogP contribution in [0.2, 0.25) is 0 Å². The summed E-state index contributed by atoms with van der Waals surface area (Å²) in [7, 11) is -3.14. The van der Waals surface area contributed by atoms with Crippen LogP contribution in [0.3, 0.4) is 0 Å². The maximum atomic E-state index is 11.4. The Morgan fingerprint density at radius 1 is 1.18 bits per heavy atom. The molecule has 5 nitrogen and oxygen atoms in total. The highest BCUT2D eigenvalue weighted by Crippen LogP contribution is 2.10. The highest BCUT2D eigenvalue weighted by molar-refractivity contribution is 7.90. The Morgan fingerprint density at radius 2 is 1.82 bits per heavy atom. The van der Waals surface area contributed by atoms with Gasteiger partial charge in [0.15, 0.2) is 15.8 Å². The largest absolute Gasteiger partial charge is 0.357 e. The summed E-state index contributed by atoms with van der Waals surface area (Å²) in [6.45, 7) is 8.61. The van der Waals surface area contributed by atoms with E-state index in [2.05, 4.69) is 29.5 Å². The van der Waals surface area contributed by atoms with Crippen LogP contribution in [0.5, 0.6) is 0 Å². The Bertz CT molecular complexity index is 578. The highest BCUT2D eigenvalue weighted by atomic mass is 32.2. The van der Waals surface area contributed by atoms with Crippen LogP contribution in [-0.2, 0) is 16.4 Å². The second kappa shape index (κ2) is 8.78. The molecule has 0 aliphatic heterocycles. The highest BCUT2D eigenvalue weighted by Gasteiger charge is 2.06. The smallest absolute Gasteiger partial charge is 0.191 e. The van der Waals surface area contributed by atoms with Gasteiger partial charge >= 0.3 is 0 Å². The van der Waals surface area contributed by atoms with E-state index in [1.54, 1.807) is 24.3 Å². The van der Waals surface area contributed by atoms with Crippen molar-refractivity contribution in [2.24, 2.45) is 10.9 Å². The van der Waals surface area contributed by atoms with Crippen LogP contribution >= 0.6 is 0 Å². The molecular formula is C16H27N3O2S. The van der Waals surface area contributed by atoms with Gasteiger partial charge in [-0.2, -0.15) is 0 Å². The molecule has 0 fully saturated rings. The number of hydrogen-bond acceptors (Lipinski definition) is 3. The lowest BCUT2D eigenvalue weighted by Crippen LogP contribution is -2.38. The Balaban J connectivity index is 2.65. The van der Waals surface area contributed by atoms with Crippen molar-refractivity contribution in [3.8, 4) is 0 Å². The number of benzene rings is 1. The van der Waals surface area contributed by atoms with Crippen molar-refractivity contribution < 1.29 is 8.42 Å². The van der Waals surface area contributed by atoms with Gasteiger partial charge in [0.1, 0.15) is 0 Å². The molecule has 0 bridgehead atoms. The summed E-state index contributed by atoms with van der Waals surface area (Å²) in [6.07, 6.45) is 2.30. The van der Waals surface area contributed by atoms with Crippen molar-refractivity contribution in [2.45, 2.75) is 38.6 Å². The van der Waals surface area contributed by atoms with E-state index in [4.69, 9.17) is 0 Å². The number of aliphatic imine (C=N–C) groups is 1. The minimum Gasteiger partial charge on any atom is -0.357 e. The van der Waals surface area contributed by atoms with E-state index < -0.39 is 9.84 Å². The second-order valence-electron chi connectivity index (χ2n) is 5.72. The first-order chi connectivity index (χ1) is 10.3. The predicted molar refractivity (Wildman–Crippen MR) is 91.8 cm³/mol. The van der Waals surface area contributed by atoms with Gasteiger partial charge in [0, 0.05) is 19.3 Å². The van der Waals surface area contributed by atoms with Crippen molar-refractivity contribution in [2.75, 3.05) is 19.3 Å². The van der Waals surface area contributed by atoms with Crippen LogP contribution in [0.4, 0.5) is 0 Å². The van der Waals surface area contributed by atoms with Crippen molar-refractivity contribution in [1.82, 2.24) is 10.6 Å². The van der Waals surface area contributed by atoms with Crippen molar-refractivity contribution in [3.05, 3.63) is 29.8 Å². The summed E-state index contributed by atoms with van der Waals surface area (Å²) < 4.78 is 22.8. The van der Waals surface area contributed by atoms with Gasteiger partial charge < -0.3 is 10.6 Å². The summed E-state index contributed by atoms with van der Waals surface area (Å²) in [5.41, 5.74) is 0.980. The first kappa shape index (κ1) is 18.5. The third-order valence-electron chi connectivity index (χ3n) is 3.13. The predicted octanol–water partition coefficient (Wildman–Crippen LogP) is 2.19. The third kappa shape index (κ3) is 6.93. The van der Waals surface area contributed by atoms with Crippen molar-refractivity contribution in [1.29, 1.82) is 0 Å². The third-order valence-corrected chi connectivity index (χ3v) is 4.26. The minimum absolute atomic E-state index is 0.335. The number of nitrogens with one attached hydrogen (secondary N) is 2. The Hall–Kier alpha value is -1.56. The molecule has 0 aliphatic rings. The quantitative estimate of drug-likeness (QED) is 0.595. The Morgan fingerprint density at radius 3 is 2.32 bits per heavy atom. The van der Waals surface area contributed by atoms with Gasteiger partial charge in [0.2, 0.25) is 0 Å². The fraction of sp³-hybridized carbons (Fsp3) is 0.562. The van der Waals surface area contributed by atoms with Crippen molar-refractivity contribution in [3.63, 3.8) is 0 Å². The molecule has 2 N–H and O–H groups in total. The molecule has 0 amide bonds. The first-order valence-corrected chi connectivity index (χ1v) is 9.53. The molecule has 0 atom stereocenters. The molecule has 0 heterocycles. The van der Waals surface area contributed by atoms with Crippen LogP contribution < -0.4 is 10.6 Å². The van der Waals surface area contributed by atoms with Gasteiger partial charge in [-0.3, -0.25) is 0 Å². The van der Waals surface area contributed by atoms with E-state index in [1.165, 1.54) is 6.26 Å². The van der Waals surface area contributed by atoms with E-state index in [1.807, 2.05) is 6.92 Å². The van der Waals surface area contributed by atoms with Gasteiger partial charge in [-0.15, -0.1) is 0 Å². The van der Waals surface area contributed by atoms with E-state index in [-0.39, 0.29) is 0 Å². The lowest BCUT2D eigenvalue weighted by atomic mass is 10.1. The molecule has 0 radical (unpaired) electrons. The van der Waals surface area contributed by atoms with E-state index in [0.29, 0.717) is 17.4 Å². The number of guanidine groups is 1. The fourth-order valence-electron chi connectivity index (χ4n) is 1.83. The van der Waals surface area contributed by atoms with Crippen LogP contribution in [0.1, 0.15) is 32.8 Å². The maximum Gasteiger partial charge on any atom is 0.191 e. The molecular weight excluding hydrogens is 298 g/mol. The van der Waals surface area contributed by atoms with Gasteiger partial charge in [0.25, 0.3) is 0 Å². The molecule has 22 heavy (non-hydrogen) atoms. The topological polar surface area (TPSA) is 70.6 Å². The number of hydrogen-bond donors (Lipinski definition) is 2. The molecule has 0 spiro atoms. The maximum absolute atomic E-state index is 11.4. The Labute approximate surface area is 134 Å². The van der Waals surface area contributed by atoms with Crippen LogP contribution in [-0.4, -0.2) is 33.7 Å². The number of sulfone groups is 1. The monoisotopic (exact) mass is 325 g/mol. The lowest BCUT2D eigenvalue weighted by Gasteiger charge is -2.12. The van der Waals surface area contributed by atoms with Gasteiger partial charge in [-0.1, -0.05) is 26.0 Å². The number of rotatable bonds is 7. The molecule has 0 saturated heterocycles. The summed E-state index contributed by atoms with van der Waals surface area (Å²) in [5.74, 6) is 1.44. The molecule has 1 aromatic carbocycles. The summed E-state index contributed by atoms with van der Waals surface area (Å²) in [5, 5.41) is 6.51. The first-order valence-electron chi connectivity index (χ1n) is 7.64. The SMILES string of the molecule is CCNC(=NCc1ccc(S(C)(=O)=O)cc1)NCCC(C)C. The average Bonchev–Trinajstić information content (AvgIpc) is 2.44. The molecule has 1 aromatic rings. The summed E-state index contributed by atoms with van der Waals surface area (Å²) in [6, 6.07) is 6.85. The summed E-state index contributed by atoms with van der Waals surface area (Å²) >= 11 is 0. The van der Waals surface area contributed by atoms with Crippen LogP contribution in [0, 0.1) is 5.92 Å².